The van der Waals surface area contributed by atoms with Crippen molar-refractivity contribution in [2.45, 2.75) is 26.3 Å². The van der Waals surface area contributed by atoms with E-state index in [1.807, 2.05) is 0 Å². The molecule has 3 nitrogen and oxygen atoms in total. The van der Waals surface area contributed by atoms with Gasteiger partial charge in [-0.05, 0) is 17.0 Å². The molecule has 0 aromatic heterocycles. The summed E-state index contributed by atoms with van der Waals surface area (Å²) in [6, 6.07) is 8.58. The third-order valence-corrected chi connectivity index (χ3v) is 2.41. The van der Waals surface area contributed by atoms with Crippen molar-refractivity contribution in [2.24, 2.45) is 0 Å². The van der Waals surface area contributed by atoms with E-state index in [0.717, 1.165) is 6.54 Å². The van der Waals surface area contributed by atoms with Crippen LogP contribution in [0.25, 0.3) is 0 Å². The summed E-state index contributed by atoms with van der Waals surface area (Å²) in [5.41, 5.74) is 5.49. The molecule has 1 aromatic carbocycles. The fourth-order valence-electron chi connectivity index (χ4n) is 1.35. The average molecular weight is 223 g/mol. The topological polar surface area (TPSA) is 30.5 Å². The number of benzene rings is 1. The normalized spacial score (nSPS) is 11.0. The highest BCUT2D eigenvalue weighted by Gasteiger charge is 1.98. The van der Waals surface area contributed by atoms with Gasteiger partial charge in [0.2, 0.25) is 0 Å². The van der Waals surface area contributed by atoms with E-state index in [4.69, 9.17) is 9.57 Å². The number of ether oxygens (including phenoxy) is 1. The summed E-state index contributed by atoms with van der Waals surface area (Å²) >= 11 is 0. The van der Waals surface area contributed by atoms with Crippen molar-refractivity contribution in [1.29, 1.82) is 0 Å². The van der Waals surface area contributed by atoms with Crippen LogP contribution in [0.4, 0.5) is 0 Å². The number of hydrogen-bond acceptors (Lipinski definition) is 3. The van der Waals surface area contributed by atoms with Crippen molar-refractivity contribution in [2.75, 3.05) is 20.3 Å². The number of hydroxylamine groups is 1. The van der Waals surface area contributed by atoms with Crippen molar-refractivity contribution in [1.82, 2.24) is 5.48 Å². The van der Waals surface area contributed by atoms with Crippen LogP contribution in [0.3, 0.4) is 0 Å². The molecule has 1 rings (SSSR count). The highest BCUT2D eigenvalue weighted by molar-refractivity contribution is 5.24. The van der Waals surface area contributed by atoms with Crippen LogP contribution < -0.4 is 5.48 Å². The summed E-state index contributed by atoms with van der Waals surface area (Å²) in [5, 5.41) is 0. The summed E-state index contributed by atoms with van der Waals surface area (Å²) in [6.45, 7) is 6.30. The average Bonchev–Trinajstić information content (AvgIpc) is 2.29. The molecule has 0 radical (unpaired) electrons. The fourth-order valence-corrected chi connectivity index (χ4v) is 1.35. The standard InChI is InChI=1S/C13H21NO2/c1-11(2)13-6-4-12(5-7-13)10-14-16-9-8-15-3/h4-7,11,14H,8-10H2,1-3H3. The lowest BCUT2D eigenvalue weighted by Crippen LogP contribution is -2.17. The van der Waals surface area contributed by atoms with Gasteiger partial charge >= 0.3 is 0 Å². The maximum absolute atomic E-state index is 5.18. The van der Waals surface area contributed by atoms with E-state index in [-0.39, 0.29) is 0 Å². The first-order valence-corrected chi connectivity index (χ1v) is 5.66. The Morgan fingerprint density at radius 1 is 1.12 bits per heavy atom. The highest BCUT2D eigenvalue weighted by Crippen LogP contribution is 2.14. The molecule has 1 N–H and O–H groups in total. The van der Waals surface area contributed by atoms with Gasteiger partial charge < -0.3 is 4.74 Å². The van der Waals surface area contributed by atoms with E-state index in [1.54, 1.807) is 7.11 Å². The van der Waals surface area contributed by atoms with Crippen molar-refractivity contribution < 1.29 is 9.57 Å². The Balaban J connectivity index is 2.27. The molecule has 0 bridgehead atoms. The van der Waals surface area contributed by atoms with Crippen molar-refractivity contribution in [3.8, 4) is 0 Å². The molecule has 0 aliphatic carbocycles. The number of rotatable bonds is 7. The zero-order valence-electron chi connectivity index (χ0n) is 10.3. The van der Waals surface area contributed by atoms with Crippen LogP contribution in [-0.4, -0.2) is 20.3 Å². The first-order chi connectivity index (χ1) is 7.74. The van der Waals surface area contributed by atoms with E-state index in [2.05, 4.69) is 43.6 Å². The van der Waals surface area contributed by atoms with E-state index in [1.165, 1.54) is 11.1 Å². The Kier molecular flexibility index (Phi) is 6.08. The minimum Gasteiger partial charge on any atom is -0.382 e. The molecule has 0 saturated heterocycles. The third kappa shape index (κ3) is 4.75. The van der Waals surface area contributed by atoms with Gasteiger partial charge in [0.05, 0.1) is 13.2 Å². The number of nitrogens with one attached hydrogen (secondary N) is 1. The SMILES string of the molecule is COCCONCc1ccc(C(C)C)cc1. The third-order valence-electron chi connectivity index (χ3n) is 2.41. The molecule has 0 amide bonds. The molecule has 0 spiro atoms. The van der Waals surface area contributed by atoms with Gasteiger partial charge in [-0.25, -0.2) is 0 Å². The maximum atomic E-state index is 5.18. The first-order valence-electron chi connectivity index (χ1n) is 5.66. The van der Waals surface area contributed by atoms with Crippen LogP contribution in [0, 0.1) is 0 Å². The van der Waals surface area contributed by atoms with Crippen LogP contribution in [0.15, 0.2) is 24.3 Å². The van der Waals surface area contributed by atoms with Crippen LogP contribution in [0.2, 0.25) is 0 Å². The highest BCUT2D eigenvalue weighted by atomic mass is 16.7. The minimum atomic E-state index is 0.570. The monoisotopic (exact) mass is 223 g/mol. The Morgan fingerprint density at radius 3 is 2.38 bits per heavy atom. The summed E-state index contributed by atoms with van der Waals surface area (Å²) in [6.07, 6.45) is 0. The van der Waals surface area contributed by atoms with E-state index >= 15 is 0 Å². The minimum absolute atomic E-state index is 0.570. The van der Waals surface area contributed by atoms with Crippen molar-refractivity contribution in [3.63, 3.8) is 0 Å². The predicted molar refractivity (Wildman–Crippen MR) is 65.2 cm³/mol. The smallest absolute Gasteiger partial charge is 0.0916 e. The van der Waals surface area contributed by atoms with Gasteiger partial charge in [-0.2, -0.15) is 5.48 Å². The molecule has 0 fully saturated rings. The second kappa shape index (κ2) is 7.39. The summed E-state index contributed by atoms with van der Waals surface area (Å²) in [4.78, 5) is 5.18. The van der Waals surface area contributed by atoms with Crippen LogP contribution in [0.1, 0.15) is 30.9 Å². The van der Waals surface area contributed by atoms with E-state index in [0.29, 0.717) is 19.1 Å². The van der Waals surface area contributed by atoms with Crippen LogP contribution in [-0.2, 0) is 16.1 Å². The first kappa shape index (κ1) is 13.2. The van der Waals surface area contributed by atoms with Gasteiger partial charge in [0.15, 0.2) is 0 Å². The maximum Gasteiger partial charge on any atom is 0.0916 e. The molecule has 0 heterocycles. The Labute approximate surface area is 97.7 Å². The zero-order chi connectivity index (χ0) is 11.8. The van der Waals surface area contributed by atoms with Gasteiger partial charge in [-0.3, -0.25) is 4.84 Å². The quantitative estimate of drug-likeness (QED) is 0.569. The second-order valence-corrected chi connectivity index (χ2v) is 4.06. The molecule has 90 valence electrons. The lowest BCUT2D eigenvalue weighted by Gasteiger charge is -2.08. The largest absolute Gasteiger partial charge is 0.382 e. The molecule has 0 aliphatic heterocycles. The molecule has 0 atom stereocenters. The number of methoxy groups -OCH3 is 1. The van der Waals surface area contributed by atoms with Gasteiger partial charge in [-0.15, -0.1) is 0 Å². The van der Waals surface area contributed by atoms with Crippen molar-refractivity contribution >= 4 is 0 Å². The van der Waals surface area contributed by atoms with Gasteiger partial charge in [0.1, 0.15) is 0 Å². The lowest BCUT2D eigenvalue weighted by atomic mass is 10.0. The lowest BCUT2D eigenvalue weighted by molar-refractivity contribution is 0.00346. The molecule has 0 saturated carbocycles. The molecule has 0 unspecified atom stereocenters. The van der Waals surface area contributed by atoms with Crippen molar-refractivity contribution in [3.05, 3.63) is 35.4 Å². The van der Waals surface area contributed by atoms with E-state index < -0.39 is 0 Å². The number of hydrogen-bond donors (Lipinski definition) is 1. The Morgan fingerprint density at radius 2 is 1.81 bits per heavy atom. The summed E-state index contributed by atoms with van der Waals surface area (Å²) in [5.74, 6) is 0.583. The van der Waals surface area contributed by atoms with E-state index in [9.17, 15) is 0 Å². The fraction of sp³-hybridized carbons (Fsp3) is 0.538. The zero-order valence-corrected chi connectivity index (χ0v) is 10.3. The molecule has 1 aromatic rings. The molecular formula is C13H21NO2. The van der Waals surface area contributed by atoms with Gasteiger partial charge in [0.25, 0.3) is 0 Å². The predicted octanol–water partition coefficient (Wildman–Crippen LogP) is 2.48. The summed E-state index contributed by atoms with van der Waals surface area (Å²) < 4.78 is 4.87. The Bertz CT molecular complexity index is 282. The molecule has 16 heavy (non-hydrogen) atoms. The molecule has 3 heteroatoms. The molecule has 0 aliphatic rings. The van der Waals surface area contributed by atoms with Crippen LogP contribution in [0.5, 0.6) is 0 Å². The summed E-state index contributed by atoms with van der Waals surface area (Å²) in [7, 11) is 1.66. The van der Waals surface area contributed by atoms with Gasteiger partial charge in [0, 0.05) is 13.7 Å². The van der Waals surface area contributed by atoms with Gasteiger partial charge in [-0.1, -0.05) is 38.1 Å². The van der Waals surface area contributed by atoms with Crippen LogP contribution >= 0.6 is 0 Å². The Hall–Kier alpha value is -0.900. The molecular weight excluding hydrogens is 202 g/mol. The second-order valence-electron chi connectivity index (χ2n) is 4.06.